The highest BCUT2D eigenvalue weighted by Crippen LogP contribution is 2.29. The van der Waals surface area contributed by atoms with E-state index in [2.05, 4.69) is 5.32 Å². The Morgan fingerprint density at radius 3 is 2.60 bits per heavy atom. The molecule has 1 atom stereocenters. The number of hydrogen-bond donors (Lipinski definition) is 2. The Morgan fingerprint density at radius 2 is 2.00 bits per heavy atom. The third-order valence-electron chi connectivity index (χ3n) is 2.91. The van der Waals surface area contributed by atoms with E-state index in [1.54, 1.807) is 19.1 Å². The Morgan fingerprint density at radius 1 is 1.25 bits per heavy atom. The van der Waals surface area contributed by atoms with Crippen molar-refractivity contribution in [2.24, 2.45) is 0 Å². The molecule has 20 heavy (non-hydrogen) atoms. The molecule has 2 N–H and O–H groups in total. The fraction of sp³-hybridized carbons (Fsp3) is 0.200. The molecule has 2 rings (SSSR count). The van der Waals surface area contributed by atoms with Crippen LogP contribution in [0.3, 0.4) is 0 Å². The third kappa shape index (κ3) is 3.26. The number of halogens is 3. The van der Waals surface area contributed by atoms with Gasteiger partial charge in [0.25, 0.3) is 0 Å². The van der Waals surface area contributed by atoms with E-state index < -0.39 is 17.7 Å². The largest absolute Gasteiger partial charge is 0.394 e. The summed E-state index contributed by atoms with van der Waals surface area (Å²) < 4.78 is 27.2. The van der Waals surface area contributed by atoms with Crippen molar-refractivity contribution in [2.75, 3.05) is 11.9 Å². The maximum Gasteiger partial charge on any atom is 0.130 e. The predicted octanol–water partition coefficient (Wildman–Crippen LogP) is 4.07. The van der Waals surface area contributed by atoms with E-state index in [-0.39, 0.29) is 17.2 Å². The Labute approximate surface area is 121 Å². The van der Waals surface area contributed by atoms with E-state index >= 15 is 0 Å². The van der Waals surface area contributed by atoms with E-state index in [1.807, 2.05) is 0 Å². The summed E-state index contributed by atoms with van der Waals surface area (Å²) in [5.41, 5.74) is 1.35. The fourth-order valence-corrected chi connectivity index (χ4v) is 2.37. The Kier molecular flexibility index (Phi) is 4.57. The fourth-order valence-electron chi connectivity index (χ4n) is 2.07. The lowest BCUT2D eigenvalue weighted by molar-refractivity contribution is 0.274. The number of aliphatic hydroxyl groups is 1. The van der Waals surface area contributed by atoms with Crippen molar-refractivity contribution in [3.63, 3.8) is 0 Å². The normalized spacial score (nSPS) is 12.2. The van der Waals surface area contributed by atoms with Gasteiger partial charge in [-0.05, 0) is 42.8 Å². The van der Waals surface area contributed by atoms with E-state index in [0.29, 0.717) is 5.69 Å². The van der Waals surface area contributed by atoms with Crippen LogP contribution in [0.1, 0.15) is 17.2 Å². The molecule has 0 fully saturated rings. The van der Waals surface area contributed by atoms with Crippen LogP contribution in [0.4, 0.5) is 14.5 Å². The molecule has 2 aromatic rings. The average molecular weight is 298 g/mol. The number of benzene rings is 2. The molecule has 0 bridgehead atoms. The second-order valence-electron chi connectivity index (χ2n) is 4.53. The van der Waals surface area contributed by atoms with E-state index in [4.69, 9.17) is 11.6 Å². The smallest absolute Gasteiger partial charge is 0.130 e. The van der Waals surface area contributed by atoms with E-state index in [9.17, 15) is 13.9 Å². The lowest BCUT2D eigenvalue weighted by Gasteiger charge is -2.20. The van der Waals surface area contributed by atoms with Crippen molar-refractivity contribution >= 4 is 17.3 Å². The number of aliphatic hydroxyl groups excluding tert-OH is 1. The molecule has 5 heteroatoms. The molecular formula is C15H14ClF2NO. The second-order valence-corrected chi connectivity index (χ2v) is 4.94. The Bertz CT molecular complexity index is 578. The van der Waals surface area contributed by atoms with Gasteiger partial charge in [-0.3, -0.25) is 0 Å². The molecule has 0 aromatic heterocycles. The molecule has 2 aromatic carbocycles. The molecule has 0 amide bonds. The monoisotopic (exact) mass is 297 g/mol. The highest BCUT2D eigenvalue weighted by molar-refractivity contribution is 6.31. The number of rotatable bonds is 4. The first-order chi connectivity index (χ1) is 9.51. The van der Waals surface area contributed by atoms with Gasteiger partial charge in [0.1, 0.15) is 11.6 Å². The summed E-state index contributed by atoms with van der Waals surface area (Å²) in [7, 11) is 0. The van der Waals surface area contributed by atoms with Gasteiger partial charge in [-0.25, -0.2) is 8.78 Å². The zero-order valence-electron chi connectivity index (χ0n) is 10.8. The summed E-state index contributed by atoms with van der Waals surface area (Å²) in [6.45, 7) is 1.38. The van der Waals surface area contributed by atoms with Gasteiger partial charge < -0.3 is 10.4 Å². The summed E-state index contributed by atoms with van der Waals surface area (Å²) in [4.78, 5) is 0. The highest BCUT2D eigenvalue weighted by atomic mass is 35.5. The Hall–Kier alpha value is -1.65. The first-order valence-electron chi connectivity index (χ1n) is 6.09. The van der Waals surface area contributed by atoms with Crippen LogP contribution in [0.25, 0.3) is 0 Å². The minimum atomic E-state index is -0.745. The Balaban J connectivity index is 2.34. The molecule has 0 aliphatic rings. The maximum atomic E-state index is 13.8. The van der Waals surface area contributed by atoms with Crippen LogP contribution in [0.5, 0.6) is 0 Å². The lowest BCUT2D eigenvalue weighted by atomic mass is 10.1. The van der Waals surface area contributed by atoms with Crippen molar-refractivity contribution in [1.82, 2.24) is 0 Å². The lowest BCUT2D eigenvalue weighted by Crippen LogP contribution is -2.17. The van der Waals surface area contributed by atoms with Gasteiger partial charge in [-0.2, -0.15) is 0 Å². The summed E-state index contributed by atoms with van der Waals surface area (Å²) >= 11 is 5.97. The van der Waals surface area contributed by atoms with Gasteiger partial charge in [0, 0.05) is 16.3 Å². The number of anilines is 1. The van der Waals surface area contributed by atoms with Gasteiger partial charge in [-0.1, -0.05) is 17.7 Å². The molecule has 1 unspecified atom stereocenters. The second kappa shape index (κ2) is 6.20. The number of aryl methyl sites for hydroxylation is 1. The predicted molar refractivity (Wildman–Crippen MR) is 76.0 cm³/mol. The van der Waals surface area contributed by atoms with Gasteiger partial charge in [0.2, 0.25) is 0 Å². The van der Waals surface area contributed by atoms with Gasteiger partial charge >= 0.3 is 0 Å². The molecule has 0 heterocycles. The van der Waals surface area contributed by atoms with Crippen LogP contribution in [-0.4, -0.2) is 11.7 Å². The summed E-state index contributed by atoms with van der Waals surface area (Å²) in [6.07, 6.45) is 0. The first kappa shape index (κ1) is 14.8. The number of nitrogens with one attached hydrogen (secondary N) is 1. The van der Waals surface area contributed by atoms with Crippen LogP contribution in [0.2, 0.25) is 5.02 Å². The van der Waals surface area contributed by atoms with Crippen molar-refractivity contribution in [1.29, 1.82) is 0 Å². The molecule has 0 aliphatic heterocycles. The van der Waals surface area contributed by atoms with Gasteiger partial charge in [0.05, 0.1) is 12.6 Å². The zero-order valence-corrected chi connectivity index (χ0v) is 11.6. The molecule has 0 spiro atoms. The van der Waals surface area contributed by atoms with Crippen molar-refractivity contribution in [3.8, 4) is 0 Å². The molecule has 2 nitrogen and oxygen atoms in total. The van der Waals surface area contributed by atoms with E-state index in [1.165, 1.54) is 24.3 Å². The van der Waals surface area contributed by atoms with E-state index in [0.717, 1.165) is 5.56 Å². The molecule has 0 aliphatic carbocycles. The SMILES string of the molecule is Cc1cc(F)cc(NC(CO)c2c(F)cccc2Cl)c1. The van der Waals surface area contributed by atoms with Crippen LogP contribution in [0.15, 0.2) is 36.4 Å². The minimum absolute atomic E-state index is 0.165. The molecule has 0 saturated heterocycles. The van der Waals surface area contributed by atoms with Crippen LogP contribution in [-0.2, 0) is 0 Å². The summed E-state index contributed by atoms with van der Waals surface area (Å²) in [5, 5.41) is 12.6. The average Bonchev–Trinajstić information content (AvgIpc) is 2.36. The molecule has 0 radical (unpaired) electrons. The third-order valence-corrected chi connectivity index (χ3v) is 3.24. The van der Waals surface area contributed by atoms with Crippen molar-refractivity contribution in [3.05, 3.63) is 64.2 Å². The zero-order chi connectivity index (χ0) is 14.7. The van der Waals surface area contributed by atoms with Gasteiger partial charge in [-0.15, -0.1) is 0 Å². The highest BCUT2D eigenvalue weighted by Gasteiger charge is 2.18. The van der Waals surface area contributed by atoms with Crippen LogP contribution >= 0.6 is 11.6 Å². The first-order valence-corrected chi connectivity index (χ1v) is 6.47. The van der Waals surface area contributed by atoms with Crippen LogP contribution in [0, 0.1) is 18.6 Å². The quantitative estimate of drug-likeness (QED) is 0.891. The summed E-state index contributed by atoms with van der Waals surface area (Å²) in [5.74, 6) is -0.916. The van der Waals surface area contributed by atoms with Gasteiger partial charge in [0.15, 0.2) is 0 Å². The summed E-state index contributed by atoms with van der Waals surface area (Å²) in [6, 6.07) is 7.93. The molecular weight excluding hydrogens is 284 g/mol. The molecule has 0 saturated carbocycles. The van der Waals surface area contributed by atoms with Crippen molar-refractivity contribution < 1.29 is 13.9 Å². The standard InChI is InChI=1S/C15H14ClF2NO/c1-9-5-10(17)7-11(6-9)19-14(8-20)15-12(16)3-2-4-13(15)18/h2-7,14,19-20H,8H2,1H3. The van der Waals surface area contributed by atoms with Crippen molar-refractivity contribution in [2.45, 2.75) is 13.0 Å². The minimum Gasteiger partial charge on any atom is -0.394 e. The molecule has 106 valence electrons. The maximum absolute atomic E-state index is 13.8. The topological polar surface area (TPSA) is 32.3 Å². The number of hydrogen-bond acceptors (Lipinski definition) is 2. The van der Waals surface area contributed by atoms with Crippen LogP contribution < -0.4 is 5.32 Å².